The van der Waals surface area contributed by atoms with Gasteiger partial charge in [0, 0.05) is 30.9 Å². The Hall–Kier alpha value is -2.50. The molecule has 1 aliphatic heterocycles. The lowest BCUT2D eigenvalue weighted by atomic mass is 9.86. The number of rotatable bonds is 5. The standard InChI is InChI=1S/C23H28N2O3/c1-23(2,3)19-9-7-18(8-10-19)21(26)22(27)24-20-6-4-5-17(15-20)16-25-11-13-28-14-12-25/h4-10,15H,11-14,16H2,1-3H3,(H,24,27). The maximum atomic E-state index is 12.5. The molecule has 0 aliphatic carbocycles. The lowest BCUT2D eigenvalue weighted by Gasteiger charge is -2.26. The van der Waals surface area contributed by atoms with E-state index in [1.165, 1.54) is 0 Å². The minimum atomic E-state index is -0.618. The lowest BCUT2D eigenvalue weighted by Crippen LogP contribution is -2.35. The SMILES string of the molecule is CC(C)(C)c1ccc(C(=O)C(=O)Nc2cccc(CN3CCOCC3)c2)cc1. The number of morpholine rings is 1. The van der Waals surface area contributed by atoms with E-state index in [0.29, 0.717) is 11.3 Å². The van der Waals surface area contributed by atoms with Crippen molar-refractivity contribution in [3.63, 3.8) is 0 Å². The van der Waals surface area contributed by atoms with Crippen LogP contribution in [0.1, 0.15) is 42.3 Å². The van der Waals surface area contributed by atoms with E-state index in [1.807, 2.05) is 30.3 Å². The first kappa shape index (κ1) is 20.2. The number of carbonyl (C=O) groups is 2. The number of ketones is 1. The van der Waals surface area contributed by atoms with Gasteiger partial charge in [-0.2, -0.15) is 0 Å². The molecule has 0 saturated carbocycles. The normalized spacial score (nSPS) is 15.2. The summed E-state index contributed by atoms with van der Waals surface area (Å²) in [6, 6.07) is 14.9. The number of nitrogens with zero attached hydrogens (tertiary/aromatic N) is 1. The predicted molar refractivity (Wildman–Crippen MR) is 111 cm³/mol. The van der Waals surface area contributed by atoms with E-state index in [1.54, 1.807) is 18.2 Å². The van der Waals surface area contributed by atoms with Crippen molar-refractivity contribution >= 4 is 17.4 Å². The summed E-state index contributed by atoms with van der Waals surface area (Å²) in [6.07, 6.45) is 0. The fraction of sp³-hybridized carbons (Fsp3) is 0.391. The molecule has 1 aliphatic rings. The highest BCUT2D eigenvalue weighted by Gasteiger charge is 2.19. The largest absolute Gasteiger partial charge is 0.379 e. The van der Waals surface area contributed by atoms with Crippen LogP contribution >= 0.6 is 0 Å². The Morgan fingerprint density at radius 2 is 1.71 bits per heavy atom. The Morgan fingerprint density at radius 1 is 1.04 bits per heavy atom. The number of carbonyl (C=O) groups excluding carboxylic acids is 2. The molecule has 1 N–H and O–H groups in total. The molecule has 0 unspecified atom stereocenters. The molecule has 28 heavy (non-hydrogen) atoms. The van der Waals surface area contributed by atoms with E-state index in [9.17, 15) is 9.59 Å². The summed E-state index contributed by atoms with van der Waals surface area (Å²) in [6.45, 7) is 10.4. The monoisotopic (exact) mass is 380 g/mol. The molecule has 5 nitrogen and oxygen atoms in total. The van der Waals surface area contributed by atoms with Crippen LogP contribution in [-0.2, 0) is 21.5 Å². The van der Waals surface area contributed by atoms with E-state index < -0.39 is 11.7 Å². The van der Waals surface area contributed by atoms with Gasteiger partial charge < -0.3 is 10.1 Å². The van der Waals surface area contributed by atoms with Crippen LogP contribution in [0.3, 0.4) is 0 Å². The predicted octanol–water partition coefficient (Wildman–Crippen LogP) is 3.64. The van der Waals surface area contributed by atoms with E-state index in [4.69, 9.17) is 4.74 Å². The van der Waals surface area contributed by atoms with Crippen LogP contribution in [0, 0.1) is 0 Å². The van der Waals surface area contributed by atoms with Crippen molar-refractivity contribution in [3.05, 3.63) is 65.2 Å². The Bertz CT molecular complexity index is 832. The quantitative estimate of drug-likeness (QED) is 0.636. The Labute approximate surface area is 166 Å². The summed E-state index contributed by atoms with van der Waals surface area (Å²) in [4.78, 5) is 27.2. The van der Waals surface area contributed by atoms with Gasteiger partial charge in [0.1, 0.15) is 0 Å². The number of ether oxygens (including phenoxy) is 1. The topological polar surface area (TPSA) is 58.6 Å². The summed E-state index contributed by atoms with van der Waals surface area (Å²) in [5.41, 5.74) is 3.26. The number of benzene rings is 2. The van der Waals surface area contributed by atoms with Gasteiger partial charge in [-0.15, -0.1) is 0 Å². The molecule has 5 heteroatoms. The molecule has 1 amide bonds. The van der Waals surface area contributed by atoms with Crippen molar-refractivity contribution in [2.45, 2.75) is 32.7 Å². The second-order valence-electron chi connectivity index (χ2n) is 8.20. The summed E-state index contributed by atoms with van der Waals surface area (Å²) >= 11 is 0. The molecular weight excluding hydrogens is 352 g/mol. The van der Waals surface area contributed by atoms with Gasteiger partial charge in [0.2, 0.25) is 0 Å². The molecule has 0 spiro atoms. The second kappa shape index (κ2) is 8.67. The minimum absolute atomic E-state index is 0.00472. The van der Waals surface area contributed by atoms with Gasteiger partial charge in [-0.3, -0.25) is 14.5 Å². The molecular formula is C23H28N2O3. The molecule has 0 bridgehead atoms. The van der Waals surface area contributed by atoms with Crippen molar-refractivity contribution in [3.8, 4) is 0 Å². The molecule has 2 aromatic rings. The first-order valence-electron chi connectivity index (χ1n) is 9.68. The maximum absolute atomic E-state index is 12.5. The van der Waals surface area contributed by atoms with E-state index in [2.05, 4.69) is 31.0 Å². The van der Waals surface area contributed by atoms with E-state index in [0.717, 1.165) is 44.0 Å². The van der Waals surface area contributed by atoms with Gasteiger partial charge in [0.05, 0.1) is 13.2 Å². The van der Waals surface area contributed by atoms with Crippen LogP contribution < -0.4 is 5.32 Å². The number of nitrogens with one attached hydrogen (secondary N) is 1. The third-order valence-corrected chi connectivity index (χ3v) is 4.91. The summed E-state index contributed by atoms with van der Waals surface area (Å²) in [5.74, 6) is -1.15. The minimum Gasteiger partial charge on any atom is -0.379 e. The Morgan fingerprint density at radius 3 is 2.36 bits per heavy atom. The Kier molecular flexibility index (Phi) is 6.27. The smallest absolute Gasteiger partial charge is 0.296 e. The first-order chi connectivity index (χ1) is 13.3. The summed E-state index contributed by atoms with van der Waals surface area (Å²) in [7, 11) is 0. The molecule has 1 heterocycles. The van der Waals surface area contributed by atoms with Crippen molar-refractivity contribution in [1.29, 1.82) is 0 Å². The number of Topliss-reactive ketones (excluding diaryl/α,β-unsaturated/α-hetero) is 1. The molecule has 0 radical (unpaired) electrons. The van der Waals surface area contributed by atoms with E-state index >= 15 is 0 Å². The molecule has 1 fully saturated rings. The zero-order valence-electron chi connectivity index (χ0n) is 16.8. The highest BCUT2D eigenvalue weighted by atomic mass is 16.5. The zero-order chi connectivity index (χ0) is 20.1. The molecule has 2 aromatic carbocycles. The van der Waals surface area contributed by atoms with Gasteiger partial charge >= 0.3 is 0 Å². The molecule has 0 aromatic heterocycles. The maximum Gasteiger partial charge on any atom is 0.296 e. The number of hydrogen-bond donors (Lipinski definition) is 1. The van der Waals surface area contributed by atoms with Crippen LogP contribution in [0.4, 0.5) is 5.69 Å². The van der Waals surface area contributed by atoms with Crippen LogP contribution in [0.5, 0.6) is 0 Å². The van der Waals surface area contributed by atoms with Gasteiger partial charge in [-0.1, -0.05) is 57.2 Å². The third-order valence-electron chi connectivity index (χ3n) is 4.91. The van der Waals surface area contributed by atoms with Crippen LogP contribution in [0.15, 0.2) is 48.5 Å². The highest BCUT2D eigenvalue weighted by molar-refractivity contribution is 6.46. The van der Waals surface area contributed by atoms with Crippen molar-refractivity contribution in [2.24, 2.45) is 0 Å². The molecule has 3 rings (SSSR count). The number of hydrogen-bond acceptors (Lipinski definition) is 4. The second-order valence-corrected chi connectivity index (χ2v) is 8.20. The van der Waals surface area contributed by atoms with Gasteiger partial charge in [0.25, 0.3) is 11.7 Å². The molecule has 0 atom stereocenters. The van der Waals surface area contributed by atoms with Crippen molar-refractivity contribution in [1.82, 2.24) is 4.90 Å². The highest BCUT2D eigenvalue weighted by Crippen LogP contribution is 2.22. The van der Waals surface area contributed by atoms with E-state index in [-0.39, 0.29) is 5.41 Å². The summed E-state index contributed by atoms with van der Waals surface area (Å²) in [5, 5.41) is 2.73. The Balaban J connectivity index is 1.63. The van der Waals surface area contributed by atoms with Crippen LogP contribution in [0.25, 0.3) is 0 Å². The molecule has 148 valence electrons. The summed E-state index contributed by atoms with van der Waals surface area (Å²) < 4.78 is 5.37. The third kappa shape index (κ3) is 5.27. The van der Waals surface area contributed by atoms with Crippen molar-refractivity contribution in [2.75, 3.05) is 31.6 Å². The lowest BCUT2D eigenvalue weighted by molar-refractivity contribution is -0.112. The number of amides is 1. The van der Waals surface area contributed by atoms with Crippen LogP contribution in [-0.4, -0.2) is 42.9 Å². The molecule has 1 saturated heterocycles. The fourth-order valence-corrected chi connectivity index (χ4v) is 3.21. The average Bonchev–Trinajstić information content (AvgIpc) is 2.68. The van der Waals surface area contributed by atoms with Crippen molar-refractivity contribution < 1.29 is 14.3 Å². The number of anilines is 1. The zero-order valence-corrected chi connectivity index (χ0v) is 16.8. The van der Waals surface area contributed by atoms with Gasteiger partial charge in [-0.05, 0) is 28.7 Å². The average molecular weight is 380 g/mol. The van der Waals surface area contributed by atoms with Crippen LogP contribution in [0.2, 0.25) is 0 Å². The van der Waals surface area contributed by atoms with Gasteiger partial charge in [-0.25, -0.2) is 0 Å². The van der Waals surface area contributed by atoms with Gasteiger partial charge in [0.15, 0.2) is 0 Å². The first-order valence-corrected chi connectivity index (χ1v) is 9.68. The fourth-order valence-electron chi connectivity index (χ4n) is 3.21.